The molecule has 2 aromatic carbocycles. The molecule has 3 aliphatic rings. The van der Waals surface area contributed by atoms with Crippen LogP contribution in [0.4, 0.5) is 27.8 Å². The number of nitrogens with one attached hydrogen (secondary N) is 1. The number of benzene rings is 2. The van der Waals surface area contributed by atoms with Crippen molar-refractivity contribution in [2.75, 3.05) is 32.0 Å². The Hall–Kier alpha value is -3.84. The zero-order chi connectivity index (χ0) is 33.3. The zero-order valence-corrected chi connectivity index (χ0v) is 26.5. The van der Waals surface area contributed by atoms with Gasteiger partial charge in [0.2, 0.25) is 0 Å². The maximum atomic E-state index is 16.3. The van der Waals surface area contributed by atoms with Gasteiger partial charge in [-0.05, 0) is 82.5 Å². The summed E-state index contributed by atoms with van der Waals surface area (Å²) in [6.07, 6.45) is 3.33. The molecule has 13 heteroatoms. The van der Waals surface area contributed by atoms with Crippen LogP contribution in [0.2, 0.25) is 0 Å². The first-order valence-electron chi connectivity index (χ1n) is 16.3. The molecule has 252 valence electrons. The summed E-state index contributed by atoms with van der Waals surface area (Å²) in [5.41, 5.74) is 5.89. The van der Waals surface area contributed by atoms with E-state index in [-0.39, 0.29) is 50.3 Å². The van der Waals surface area contributed by atoms with Crippen LogP contribution in [0, 0.1) is 11.6 Å². The van der Waals surface area contributed by atoms with Crippen LogP contribution in [0.25, 0.3) is 32.9 Å². The van der Waals surface area contributed by atoms with Crippen LogP contribution >= 0.6 is 0 Å². The van der Waals surface area contributed by atoms with Crippen LogP contribution in [-0.2, 0) is 6.42 Å². The van der Waals surface area contributed by atoms with E-state index in [1.807, 2.05) is 0 Å². The van der Waals surface area contributed by atoms with Gasteiger partial charge in [0.15, 0.2) is 17.4 Å². The molecule has 0 amide bonds. The summed E-state index contributed by atoms with van der Waals surface area (Å²) in [7, 11) is 0. The third-order valence-electron chi connectivity index (χ3n) is 9.17. The first kappa shape index (κ1) is 33.1. The van der Waals surface area contributed by atoms with Gasteiger partial charge in [-0.25, -0.2) is 13.8 Å². The topological polar surface area (TPSA) is 98.4 Å². The average molecular weight is 659 g/mol. The number of anilines is 1. The Bertz CT molecular complexity index is 1750. The van der Waals surface area contributed by atoms with E-state index < -0.39 is 23.7 Å². The molecular formula is C34H39F5N6O2. The lowest BCUT2D eigenvalue weighted by atomic mass is 9.95. The van der Waals surface area contributed by atoms with E-state index in [9.17, 15) is 17.6 Å². The van der Waals surface area contributed by atoms with Crippen LogP contribution in [0.5, 0.6) is 11.8 Å². The maximum Gasteiger partial charge on any atom is 0.573 e. The van der Waals surface area contributed by atoms with Crippen molar-refractivity contribution in [3.05, 3.63) is 47.7 Å². The van der Waals surface area contributed by atoms with Gasteiger partial charge < -0.3 is 20.5 Å². The molecule has 1 saturated carbocycles. The standard InChI is InChI=1S/C28H26F5N5O2.C6H13N/c1-2-18-20-23(36-26(37-25(20)34)39-14-27-10-4-12-38(27)13-5-11-27)21(30)22(35-18)16-7-3-6-15-8-9-17(29)24(19(15)16)40-28(31,32)33;1-2-5-7-6-3-4-6/h3,6-9H,2,4-5,10-14H2,1H3,(H2,34,36,37);6-7H,2-5H2,1H3. The van der Waals surface area contributed by atoms with Gasteiger partial charge in [0.05, 0.1) is 16.6 Å². The van der Waals surface area contributed by atoms with Crippen molar-refractivity contribution < 1.29 is 31.4 Å². The highest BCUT2D eigenvalue weighted by Crippen LogP contribution is 2.42. The monoisotopic (exact) mass is 658 g/mol. The normalized spacial score (nSPS) is 17.5. The number of pyridine rings is 1. The summed E-state index contributed by atoms with van der Waals surface area (Å²) in [6, 6.07) is 7.31. The summed E-state index contributed by atoms with van der Waals surface area (Å²) < 4.78 is 80.6. The fourth-order valence-corrected chi connectivity index (χ4v) is 6.78. The molecule has 0 atom stereocenters. The number of fused-ring (bicyclic) bond motifs is 3. The second-order valence-electron chi connectivity index (χ2n) is 12.5. The van der Waals surface area contributed by atoms with Gasteiger partial charge in [-0.3, -0.25) is 4.90 Å². The number of nitrogen functional groups attached to an aromatic ring is 1. The minimum absolute atomic E-state index is 0.0212. The molecule has 4 aromatic rings. The molecule has 47 heavy (non-hydrogen) atoms. The van der Waals surface area contributed by atoms with Crippen molar-refractivity contribution in [1.82, 2.24) is 25.2 Å². The lowest BCUT2D eigenvalue weighted by molar-refractivity contribution is -0.275. The molecule has 3 N–H and O–H groups in total. The first-order valence-corrected chi connectivity index (χ1v) is 16.3. The van der Waals surface area contributed by atoms with E-state index >= 15 is 4.39 Å². The van der Waals surface area contributed by atoms with E-state index in [0.29, 0.717) is 18.7 Å². The number of hydrogen-bond donors (Lipinski definition) is 2. The maximum absolute atomic E-state index is 16.3. The lowest BCUT2D eigenvalue weighted by Crippen LogP contribution is -2.43. The van der Waals surface area contributed by atoms with Crippen molar-refractivity contribution in [2.45, 2.75) is 83.2 Å². The molecule has 0 spiro atoms. The average Bonchev–Trinajstić information content (AvgIpc) is 3.66. The number of aromatic nitrogens is 3. The van der Waals surface area contributed by atoms with Crippen LogP contribution in [0.3, 0.4) is 0 Å². The Balaban J connectivity index is 0.000000491. The minimum atomic E-state index is -5.17. The smallest absolute Gasteiger partial charge is 0.461 e. The van der Waals surface area contributed by atoms with Gasteiger partial charge in [0, 0.05) is 17.0 Å². The molecule has 7 rings (SSSR count). The number of nitrogens with two attached hydrogens (primary N) is 1. The van der Waals surface area contributed by atoms with E-state index in [1.165, 1.54) is 50.1 Å². The summed E-state index contributed by atoms with van der Waals surface area (Å²) in [5.74, 6) is -3.28. The SMILES string of the molecule is CCCNC1CC1.CCc1nc(-c2cccc3ccc(F)c(OC(F)(F)F)c23)c(F)c2nc(OCC34CCCN3CCC4)nc(N)c12. The number of hydrogen-bond acceptors (Lipinski definition) is 8. The Morgan fingerprint density at radius 2 is 1.74 bits per heavy atom. The van der Waals surface area contributed by atoms with E-state index in [2.05, 4.69) is 36.8 Å². The minimum Gasteiger partial charge on any atom is -0.461 e. The molecular weight excluding hydrogens is 619 g/mol. The number of nitrogens with zero attached hydrogens (tertiary/aromatic N) is 4. The number of ether oxygens (including phenoxy) is 2. The van der Waals surface area contributed by atoms with Crippen LogP contribution in [-0.4, -0.2) is 64.0 Å². The second kappa shape index (κ2) is 13.3. The van der Waals surface area contributed by atoms with Crippen molar-refractivity contribution in [2.24, 2.45) is 0 Å². The Kier molecular flexibility index (Phi) is 9.39. The van der Waals surface area contributed by atoms with Gasteiger partial charge in [-0.2, -0.15) is 9.97 Å². The molecule has 0 unspecified atom stereocenters. The summed E-state index contributed by atoms with van der Waals surface area (Å²) >= 11 is 0. The Labute approximate surface area is 269 Å². The van der Waals surface area contributed by atoms with Gasteiger partial charge in [0.1, 0.15) is 23.6 Å². The van der Waals surface area contributed by atoms with Gasteiger partial charge in [-0.15, -0.1) is 13.2 Å². The molecule has 0 bridgehead atoms. The number of alkyl halides is 3. The fourth-order valence-electron chi connectivity index (χ4n) is 6.78. The Morgan fingerprint density at radius 3 is 2.40 bits per heavy atom. The second-order valence-corrected chi connectivity index (χ2v) is 12.5. The number of halogens is 5. The fraction of sp³-hybridized carbons (Fsp3) is 0.500. The van der Waals surface area contributed by atoms with E-state index in [0.717, 1.165) is 50.9 Å². The summed E-state index contributed by atoms with van der Waals surface area (Å²) in [6.45, 7) is 7.51. The number of rotatable bonds is 9. The Morgan fingerprint density at radius 1 is 1.00 bits per heavy atom. The van der Waals surface area contributed by atoms with Crippen molar-refractivity contribution >= 4 is 27.5 Å². The lowest BCUT2D eigenvalue weighted by Gasteiger charge is -2.31. The van der Waals surface area contributed by atoms with E-state index in [4.69, 9.17) is 10.5 Å². The van der Waals surface area contributed by atoms with Crippen molar-refractivity contribution in [3.8, 4) is 23.0 Å². The summed E-state index contributed by atoms with van der Waals surface area (Å²) in [5, 5.41) is 3.54. The predicted molar refractivity (Wildman–Crippen MR) is 170 cm³/mol. The van der Waals surface area contributed by atoms with Gasteiger partial charge in [0.25, 0.3) is 0 Å². The molecule has 2 aliphatic heterocycles. The van der Waals surface area contributed by atoms with Crippen LogP contribution in [0.1, 0.15) is 64.5 Å². The molecule has 0 radical (unpaired) electrons. The van der Waals surface area contributed by atoms with Crippen molar-refractivity contribution in [1.29, 1.82) is 0 Å². The molecule has 2 aromatic heterocycles. The molecule has 4 heterocycles. The largest absolute Gasteiger partial charge is 0.573 e. The molecule has 1 aliphatic carbocycles. The zero-order valence-electron chi connectivity index (χ0n) is 26.5. The highest BCUT2D eigenvalue weighted by molar-refractivity contribution is 6.02. The van der Waals surface area contributed by atoms with E-state index in [1.54, 1.807) is 6.92 Å². The van der Waals surface area contributed by atoms with Crippen LogP contribution < -0.4 is 20.5 Å². The quantitative estimate of drug-likeness (QED) is 0.181. The third-order valence-corrected chi connectivity index (χ3v) is 9.17. The summed E-state index contributed by atoms with van der Waals surface area (Å²) in [4.78, 5) is 15.4. The highest BCUT2D eigenvalue weighted by atomic mass is 19.4. The highest BCUT2D eigenvalue weighted by Gasteiger charge is 2.45. The van der Waals surface area contributed by atoms with Crippen LogP contribution in [0.15, 0.2) is 30.3 Å². The van der Waals surface area contributed by atoms with Gasteiger partial charge >= 0.3 is 12.4 Å². The molecule has 3 fully saturated rings. The third kappa shape index (κ3) is 6.92. The predicted octanol–water partition coefficient (Wildman–Crippen LogP) is 7.32. The van der Waals surface area contributed by atoms with Gasteiger partial charge in [-0.1, -0.05) is 38.1 Å². The molecule has 8 nitrogen and oxygen atoms in total. The van der Waals surface area contributed by atoms with Crippen molar-refractivity contribution in [3.63, 3.8) is 0 Å². The first-order chi connectivity index (χ1) is 22.5. The number of aryl methyl sites for hydroxylation is 1. The molecule has 2 saturated heterocycles.